The van der Waals surface area contributed by atoms with Gasteiger partial charge in [0.1, 0.15) is 0 Å². The van der Waals surface area contributed by atoms with Crippen molar-refractivity contribution in [1.29, 1.82) is 0 Å². The molecule has 2 nitrogen and oxygen atoms in total. The fourth-order valence-corrected chi connectivity index (χ4v) is 3.74. The van der Waals surface area contributed by atoms with Crippen molar-refractivity contribution in [2.45, 2.75) is 44.7 Å². The quantitative estimate of drug-likeness (QED) is 0.840. The van der Waals surface area contributed by atoms with Gasteiger partial charge < -0.3 is 9.88 Å². The monoisotopic (exact) mass is 274 g/mol. The smallest absolute Gasteiger partial charge is 0.0335 e. The Kier molecular flexibility index (Phi) is 4.04. The van der Waals surface area contributed by atoms with Crippen molar-refractivity contribution in [3.63, 3.8) is 0 Å². The molecular weight excluding hydrogens is 252 g/mol. The number of hydrogen-bond acceptors (Lipinski definition) is 2. The van der Waals surface area contributed by atoms with E-state index in [9.17, 15) is 0 Å². The van der Waals surface area contributed by atoms with Gasteiger partial charge in [-0.3, -0.25) is 0 Å². The zero-order chi connectivity index (χ0) is 13.1. The van der Waals surface area contributed by atoms with E-state index in [0.29, 0.717) is 6.04 Å². The minimum atomic E-state index is 0.556. The van der Waals surface area contributed by atoms with E-state index in [0.717, 1.165) is 13.0 Å². The maximum atomic E-state index is 3.47. The molecule has 3 heteroatoms. The van der Waals surface area contributed by atoms with Gasteiger partial charge in [0.15, 0.2) is 0 Å². The second kappa shape index (κ2) is 5.93. The second-order valence-corrected chi connectivity index (χ2v) is 6.43. The summed E-state index contributed by atoms with van der Waals surface area (Å²) in [7, 11) is 2.09. The first kappa shape index (κ1) is 12.9. The minimum Gasteiger partial charge on any atom is -0.353 e. The first-order chi connectivity index (χ1) is 9.36. The zero-order valence-corrected chi connectivity index (χ0v) is 12.4. The molecule has 0 aliphatic heterocycles. The van der Waals surface area contributed by atoms with Crippen molar-refractivity contribution in [3.05, 3.63) is 45.9 Å². The van der Waals surface area contributed by atoms with Crippen LogP contribution in [0.15, 0.2) is 29.9 Å². The van der Waals surface area contributed by atoms with Gasteiger partial charge in [0.2, 0.25) is 0 Å². The molecule has 102 valence electrons. The van der Waals surface area contributed by atoms with Gasteiger partial charge in [-0.1, -0.05) is 12.5 Å². The Labute approximate surface area is 119 Å². The van der Waals surface area contributed by atoms with Gasteiger partial charge in [-0.15, -0.1) is 11.3 Å². The Morgan fingerprint density at radius 2 is 2.32 bits per heavy atom. The van der Waals surface area contributed by atoms with Crippen LogP contribution in [0, 0.1) is 0 Å². The summed E-state index contributed by atoms with van der Waals surface area (Å²) in [6, 6.07) is 4.93. The van der Waals surface area contributed by atoms with Crippen LogP contribution in [0.3, 0.4) is 0 Å². The topological polar surface area (TPSA) is 17.0 Å². The molecule has 1 unspecified atom stereocenters. The lowest BCUT2D eigenvalue weighted by Crippen LogP contribution is -2.15. The average Bonchev–Trinajstić information content (AvgIpc) is 3.03. The van der Waals surface area contributed by atoms with Crippen LogP contribution >= 0.6 is 11.3 Å². The molecule has 0 amide bonds. The molecule has 0 saturated carbocycles. The third kappa shape index (κ3) is 2.93. The number of aryl methyl sites for hydroxylation is 3. The Morgan fingerprint density at radius 1 is 1.37 bits per heavy atom. The van der Waals surface area contributed by atoms with Crippen molar-refractivity contribution >= 4 is 11.3 Å². The van der Waals surface area contributed by atoms with Crippen LogP contribution < -0.4 is 5.32 Å². The average molecular weight is 274 g/mol. The summed E-state index contributed by atoms with van der Waals surface area (Å²) < 4.78 is 2.39. The van der Waals surface area contributed by atoms with E-state index in [1.807, 2.05) is 11.3 Å². The highest BCUT2D eigenvalue weighted by atomic mass is 32.1. The first-order valence-electron chi connectivity index (χ1n) is 7.25. The van der Waals surface area contributed by atoms with Gasteiger partial charge in [0.05, 0.1) is 0 Å². The number of nitrogens with one attached hydrogen (secondary N) is 1. The van der Waals surface area contributed by atoms with Crippen LogP contribution in [0.25, 0.3) is 0 Å². The third-order valence-electron chi connectivity index (χ3n) is 4.11. The maximum Gasteiger partial charge on any atom is 0.0335 e. The Hall–Kier alpha value is -1.06. The van der Waals surface area contributed by atoms with Crippen molar-refractivity contribution in [2.24, 2.45) is 0 Å². The van der Waals surface area contributed by atoms with Crippen molar-refractivity contribution in [1.82, 2.24) is 9.88 Å². The van der Waals surface area contributed by atoms with Crippen LogP contribution in [0.2, 0.25) is 0 Å². The molecule has 0 saturated heterocycles. The van der Waals surface area contributed by atoms with Crippen LogP contribution in [0.1, 0.15) is 41.3 Å². The number of rotatable bonds is 4. The van der Waals surface area contributed by atoms with E-state index in [-0.39, 0.29) is 0 Å². The van der Waals surface area contributed by atoms with Crippen LogP contribution in [-0.4, -0.2) is 11.6 Å². The lowest BCUT2D eigenvalue weighted by atomic mass is 10.1. The number of thiophene rings is 1. The molecule has 0 radical (unpaired) electrons. The van der Waals surface area contributed by atoms with E-state index >= 15 is 0 Å². The Balaban J connectivity index is 1.73. The van der Waals surface area contributed by atoms with Crippen molar-refractivity contribution in [3.8, 4) is 0 Å². The molecule has 0 spiro atoms. The standard InChI is InChI=1S/C16H22N2S/c1-17-16-7-3-2-5-13-11-18(12-15(13)16)9-8-14-6-4-10-19-14/h4,6,10-12,16-17H,2-3,5,7-9H2,1H3. The summed E-state index contributed by atoms with van der Waals surface area (Å²) in [6.07, 6.45) is 11.1. The fourth-order valence-electron chi connectivity index (χ4n) is 3.04. The number of nitrogens with zero attached hydrogens (tertiary/aromatic N) is 1. The van der Waals surface area contributed by atoms with Gasteiger partial charge in [-0.05, 0) is 55.3 Å². The number of aromatic nitrogens is 1. The predicted octanol–water partition coefficient (Wildman–Crippen LogP) is 3.78. The van der Waals surface area contributed by atoms with Crippen LogP contribution in [-0.2, 0) is 19.4 Å². The first-order valence-corrected chi connectivity index (χ1v) is 8.13. The third-order valence-corrected chi connectivity index (χ3v) is 5.04. The molecule has 19 heavy (non-hydrogen) atoms. The summed E-state index contributed by atoms with van der Waals surface area (Å²) >= 11 is 1.86. The molecule has 0 aromatic carbocycles. The fraction of sp³-hybridized carbons (Fsp3) is 0.500. The molecule has 2 aromatic rings. The Morgan fingerprint density at radius 3 is 3.11 bits per heavy atom. The highest BCUT2D eigenvalue weighted by Crippen LogP contribution is 2.29. The Bertz CT molecular complexity index is 513. The van der Waals surface area contributed by atoms with Gasteiger partial charge in [-0.25, -0.2) is 0 Å². The lowest BCUT2D eigenvalue weighted by molar-refractivity contribution is 0.530. The van der Waals surface area contributed by atoms with Crippen molar-refractivity contribution in [2.75, 3.05) is 7.05 Å². The highest BCUT2D eigenvalue weighted by molar-refractivity contribution is 7.09. The molecule has 1 aliphatic rings. The molecule has 1 atom stereocenters. The summed E-state index contributed by atoms with van der Waals surface area (Å²) in [5, 5.41) is 5.64. The normalized spacial score (nSPS) is 19.1. The van der Waals surface area contributed by atoms with Gasteiger partial charge in [0.25, 0.3) is 0 Å². The van der Waals surface area contributed by atoms with E-state index in [4.69, 9.17) is 0 Å². The van der Waals surface area contributed by atoms with E-state index < -0.39 is 0 Å². The van der Waals surface area contributed by atoms with E-state index in [1.165, 1.54) is 36.1 Å². The summed E-state index contributed by atoms with van der Waals surface area (Å²) in [4.78, 5) is 1.48. The van der Waals surface area contributed by atoms with Gasteiger partial charge in [0, 0.05) is 29.9 Å². The molecule has 1 aliphatic carbocycles. The van der Waals surface area contributed by atoms with Crippen molar-refractivity contribution < 1.29 is 0 Å². The second-order valence-electron chi connectivity index (χ2n) is 5.39. The molecule has 0 fully saturated rings. The molecule has 2 heterocycles. The van der Waals surface area contributed by atoms with Crippen LogP contribution in [0.4, 0.5) is 0 Å². The number of fused-ring (bicyclic) bond motifs is 1. The minimum absolute atomic E-state index is 0.556. The van der Waals surface area contributed by atoms with Crippen LogP contribution in [0.5, 0.6) is 0 Å². The van der Waals surface area contributed by atoms with Gasteiger partial charge >= 0.3 is 0 Å². The predicted molar refractivity (Wildman–Crippen MR) is 81.8 cm³/mol. The molecule has 3 rings (SSSR count). The van der Waals surface area contributed by atoms with E-state index in [1.54, 1.807) is 5.56 Å². The lowest BCUT2D eigenvalue weighted by Gasteiger charge is -2.13. The number of hydrogen-bond donors (Lipinski definition) is 1. The molecule has 2 aromatic heterocycles. The summed E-state index contributed by atoms with van der Waals surface area (Å²) in [6.45, 7) is 1.10. The summed E-state index contributed by atoms with van der Waals surface area (Å²) in [5.41, 5.74) is 3.09. The SMILES string of the molecule is CNC1CCCCc2cn(CCc3cccs3)cc21. The zero-order valence-electron chi connectivity index (χ0n) is 11.6. The highest BCUT2D eigenvalue weighted by Gasteiger charge is 2.18. The molecular formula is C16H22N2S. The maximum absolute atomic E-state index is 3.47. The van der Waals surface area contributed by atoms with E-state index in [2.05, 4.69) is 46.8 Å². The largest absolute Gasteiger partial charge is 0.353 e. The molecule has 0 bridgehead atoms. The summed E-state index contributed by atoms with van der Waals surface area (Å²) in [5.74, 6) is 0. The molecule has 1 N–H and O–H groups in total. The van der Waals surface area contributed by atoms with Gasteiger partial charge in [-0.2, -0.15) is 0 Å².